The summed E-state index contributed by atoms with van der Waals surface area (Å²) in [5.74, 6) is 1.40. The molecule has 6 N–H and O–H groups in total. The van der Waals surface area contributed by atoms with Crippen LogP contribution in [0.15, 0.2) is 42.5 Å². The highest BCUT2D eigenvalue weighted by Gasteiger charge is 2.31. The predicted molar refractivity (Wildman–Crippen MR) is 179 cm³/mol. The van der Waals surface area contributed by atoms with E-state index < -0.39 is 17.6 Å². The summed E-state index contributed by atoms with van der Waals surface area (Å²) >= 11 is 0. The van der Waals surface area contributed by atoms with E-state index in [-0.39, 0.29) is 48.3 Å². The Hall–Kier alpha value is -5.31. The van der Waals surface area contributed by atoms with Crippen molar-refractivity contribution in [1.82, 2.24) is 24.9 Å². The molecular formula is C33H42N8O7. The number of primary amides is 1. The van der Waals surface area contributed by atoms with Crippen molar-refractivity contribution >= 4 is 35.1 Å². The number of nitrogens with one attached hydrogen (secondary N) is 3. The molecule has 2 atom stereocenters. The normalized spacial score (nSPS) is 16.2. The van der Waals surface area contributed by atoms with Gasteiger partial charge in [0.1, 0.15) is 35.0 Å². The van der Waals surface area contributed by atoms with E-state index in [2.05, 4.69) is 26.1 Å². The van der Waals surface area contributed by atoms with Gasteiger partial charge < -0.3 is 45.7 Å². The lowest BCUT2D eigenvalue weighted by atomic mass is 9.90. The van der Waals surface area contributed by atoms with E-state index in [9.17, 15) is 14.7 Å². The van der Waals surface area contributed by atoms with Crippen molar-refractivity contribution in [3.63, 3.8) is 0 Å². The lowest BCUT2D eigenvalue weighted by Crippen LogP contribution is -2.50. The van der Waals surface area contributed by atoms with E-state index >= 15 is 0 Å². The highest BCUT2D eigenvalue weighted by Crippen LogP contribution is 2.35. The van der Waals surface area contributed by atoms with Crippen LogP contribution in [-0.4, -0.2) is 81.8 Å². The highest BCUT2D eigenvalue weighted by atomic mass is 16.6. The van der Waals surface area contributed by atoms with Gasteiger partial charge >= 0.3 is 6.09 Å². The number of hydrogen-bond donors (Lipinski definition) is 5. The van der Waals surface area contributed by atoms with Crippen LogP contribution in [0.4, 0.5) is 22.2 Å². The van der Waals surface area contributed by atoms with E-state index in [0.29, 0.717) is 47.2 Å². The Balaban J connectivity index is 1.66. The Bertz CT molecular complexity index is 1750. The number of nitrogens with two attached hydrogens (primary N) is 1. The Morgan fingerprint density at radius 1 is 1.02 bits per heavy atom. The van der Waals surface area contributed by atoms with Gasteiger partial charge in [-0.1, -0.05) is 25.0 Å². The molecule has 1 aliphatic rings. The summed E-state index contributed by atoms with van der Waals surface area (Å²) in [5.41, 5.74) is 6.49. The van der Waals surface area contributed by atoms with Crippen LogP contribution in [0, 0.1) is 0 Å². The van der Waals surface area contributed by atoms with Crippen molar-refractivity contribution < 1.29 is 33.6 Å². The third kappa shape index (κ3) is 7.79. The summed E-state index contributed by atoms with van der Waals surface area (Å²) in [6, 6.07) is 11.7. The van der Waals surface area contributed by atoms with Crippen molar-refractivity contribution in [3.05, 3.63) is 48.0 Å². The molecule has 2 unspecified atom stereocenters. The van der Waals surface area contributed by atoms with Crippen LogP contribution >= 0.6 is 0 Å². The van der Waals surface area contributed by atoms with Crippen molar-refractivity contribution in [2.75, 3.05) is 38.1 Å². The summed E-state index contributed by atoms with van der Waals surface area (Å²) < 4.78 is 23.8. The molecule has 48 heavy (non-hydrogen) atoms. The number of fused-ring (bicyclic) bond motifs is 1. The third-order valence-corrected chi connectivity index (χ3v) is 7.67. The smallest absolute Gasteiger partial charge is 0.407 e. The molecule has 2 aromatic heterocycles. The summed E-state index contributed by atoms with van der Waals surface area (Å²) in [6.07, 6.45) is 2.73. The maximum atomic E-state index is 13.1. The number of carbonyl (C=O) groups is 2. The van der Waals surface area contributed by atoms with E-state index in [1.165, 1.54) is 14.2 Å². The van der Waals surface area contributed by atoms with Gasteiger partial charge in [0, 0.05) is 29.9 Å². The Labute approximate surface area is 278 Å². The summed E-state index contributed by atoms with van der Waals surface area (Å²) in [4.78, 5) is 30.8. The first-order valence-electron chi connectivity index (χ1n) is 15.7. The lowest BCUT2D eigenvalue weighted by molar-refractivity contribution is 0.0488. The first kappa shape index (κ1) is 34.0. The molecule has 15 nitrogen and oxygen atoms in total. The van der Waals surface area contributed by atoms with Crippen molar-refractivity contribution in [1.29, 1.82) is 0 Å². The first-order valence-corrected chi connectivity index (χ1v) is 15.7. The van der Waals surface area contributed by atoms with Crippen LogP contribution in [0.1, 0.15) is 56.8 Å². The molecule has 256 valence electrons. The lowest BCUT2D eigenvalue weighted by Gasteiger charge is -2.34. The number of aliphatic hydroxyl groups is 1. The van der Waals surface area contributed by atoms with Crippen molar-refractivity contribution in [2.45, 2.75) is 64.1 Å². The maximum Gasteiger partial charge on any atom is 0.407 e. The van der Waals surface area contributed by atoms with Gasteiger partial charge in [-0.3, -0.25) is 4.79 Å². The standard InChI is InChI=1S/C33H42N8O7/c1-33(2,3)48-32(44)37-24-12-8-7-11-23(24)36-31-38-28(35-19-16-20(45-4)18-21(17-19)46-5)26(27(34)43)30-40-39-29(41(30)31)22-10-6-9-13-25(22)47-15-14-42/h6,9-10,13,16-18,23-24,35,42H,7-8,11-12,14-15H2,1-5H3,(H2,34,43)(H,36,38)(H,37,44). The highest BCUT2D eigenvalue weighted by molar-refractivity contribution is 6.04. The van der Waals surface area contributed by atoms with Gasteiger partial charge in [-0.25, -0.2) is 9.20 Å². The topological polar surface area (TPSA) is 196 Å². The fourth-order valence-corrected chi connectivity index (χ4v) is 5.60. The number of amides is 2. The molecule has 1 fully saturated rings. The number of methoxy groups -OCH3 is 2. The molecule has 0 aliphatic heterocycles. The molecule has 0 bridgehead atoms. The zero-order chi connectivity index (χ0) is 34.4. The molecule has 1 aliphatic carbocycles. The maximum absolute atomic E-state index is 13.1. The number of nitrogens with zero attached hydrogens (tertiary/aromatic N) is 4. The van der Waals surface area contributed by atoms with Crippen LogP contribution in [0.25, 0.3) is 17.0 Å². The minimum absolute atomic E-state index is 0.0121. The van der Waals surface area contributed by atoms with Gasteiger partial charge in [0.25, 0.3) is 5.91 Å². The van der Waals surface area contributed by atoms with Gasteiger partial charge in [-0.15, -0.1) is 10.2 Å². The molecule has 2 amide bonds. The fourth-order valence-electron chi connectivity index (χ4n) is 5.60. The number of rotatable bonds is 12. The molecule has 5 rings (SSSR count). The number of para-hydroxylation sites is 1. The average Bonchev–Trinajstić information content (AvgIpc) is 3.48. The number of benzene rings is 2. The largest absolute Gasteiger partial charge is 0.497 e. The second-order valence-corrected chi connectivity index (χ2v) is 12.3. The zero-order valence-electron chi connectivity index (χ0n) is 27.7. The second-order valence-electron chi connectivity index (χ2n) is 12.3. The van der Waals surface area contributed by atoms with E-state index in [4.69, 9.17) is 29.7 Å². The minimum atomic E-state index is -0.790. The number of alkyl carbamates (subject to hydrolysis) is 1. The fraction of sp³-hybridized carbons (Fsp3) is 0.424. The Kier molecular flexibility index (Phi) is 10.4. The van der Waals surface area contributed by atoms with Gasteiger partial charge in [-0.05, 0) is 45.7 Å². The Morgan fingerprint density at radius 3 is 2.35 bits per heavy atom. The number of ether oxygens (including phenoxy) is 4. The average molecular weight is 663 g/mol. The molecule has 0 radical (unpaired) electrons. The van der Waals surface area contributed by atoms with E-state index in [0.717, 1.165) is 12.8 Å². The predicted octanol–water partition coefficient (Wildman–Crippen LogP) is 4.27. The molecule has 0 saturated heterocycles. The molecule has 1 saturated carbocycles. The first-order chi connectivity index (χ1) is 23.0. The molecule has 0 spiro atoms. The van der Waals surface area contributed by atoms with E-state index in [1.807, 2.05) is 26.8 Å². The number of carbonyl (C=O) groups excluding carboxylic acids is 2. The number of aliphatic hydroxyl groups excluding tert-OH is 1. The molecular weight excluding hydrogens is 620 g/mol. The molecule has 4 aromatic rings. The van der Waals surface area contributed by atoms with Gasteiger partial charge in [-0.2, -0.15) is 4.98 Å². The summed E-state index contributed by atoms with van der Waals surface area (Å²) in [7, 11) is 3.07. The number of anilines is 3. The molecule has 2 aromatic carbocycles. The van der Waals surface area contributed by atoms with Crippen LogP contribution < -0.4 is 35.9 Å². The van der Waals surface area contributed by atoms with Crippen LogP contribution in [0.5, 0.6) is 17.2 Å². The van der Waals surface area contributed by atoms with Crippen molar-refractivity contribution in [2.24, 2.45) is 5.73 Å². The molecule has 15 heteroatoms. The Morgan fingerprint density at radius 2 is 1.71 bits per heavy atom. The number of aromatic nitrogens is 4. The monoisotopic (exact) mass is 662 g/mol. The minimum Gasteiger partial charge on any atom is -0.497 e. The summed E-state index contributed by atoms with van der Waals surface area (Å²) in [6.45, 7) is 5.31. The van der Waals surface area contributed by atoms with Crippen LogP contribution in [-0.2, 0) is 4.74 Å². The molecule has 2 heterocycles. The van der Waals surface area contributed by atoms with Gasteiger partial charge in [0.2, 0.25) is 5.95 Å². The van der Waals surface area contributed by atoms with E-state index in [1.54, 1.807) is 40.8 Å². The van der Waals surface area contributed by atoms with Crippen LogP contribution in [0.3, 0.4) is 0 Å². The quantitative estimate of drug-likeness (QED) is 0.145. The third-order valence-electron chi connectivity index (χ3n) is 7.67. The van der Waals surface area contributed by atoms with Crippen LogP contribution in [0.2, 0.25) is 0 Å². The second kappa shape index (κ2) is 14.6. The van der Waals surface area contributed by atoms with Gasteiger partial charge in [0.15, 0.2) is 17.3 Å². The van der Waals surface area contributed by atoms with Gasteiger partial charge in [0.05, 0.1) is 32.4 Å². The SMILES string of the molecule is COc1cc(Nc2nc(NC3CCCCC3NC(=O)OC(C)(C)C)n3c(-c4ccccc4OCCO)nnc3c2C(N)=O)cc(OC)c1. The summed E-state index contributed by atoms with van der Waals surface area (Å²) in [5, 5.41) is 28.0. The van der Waals surface area contributed by atoms with Crippen molar-refractivity contribution in [3.8, 4) is 28.6 Å². The zero-order valence-corrected chi connectivity index (χ0v) is 27.7. The number of hydrogen-bond acceptors (Lipinski definition) is 12.